The standard InChI is InChI=1S/C30H36FN3O3/c1-20(35)21-12-15-25(16-13-21)37-19-28-33-26-17-14-23(31)18-27(26)34(28)29(22-8-4-2-5-9-22)30(36)32-24-10-6-3-7-11-24/h12-18,22,24,29H,2-11,19H2,1H3,(H,32,36). The summed E-state index contributed by atoms with van der Waals surface area (Å²) in [6.07, 6.45) is 10.8. The zero-order chi connectivity index (χ0) is 25.8. The van der Waals surface area contributed by atoms with E-state index in [1.807, 2.05) is 4.57 Å². The molecule has 1 heterocycles. The van der Waals surface area contributed by atoms with Crippen LogP contribution in [0.4, 0.5) is 4.39 Å². The highest BCUT2D eigenvalue weighted by Crippen LogP contribution is 2.37. The first kappa shape index (κ1) is 25.4. The van der Waals surface area contributed by atoms with Gasteiger partial charge in [0.2, 0.25) is 5.91 Å². The van der Waals surface area contributed by atoms with Gasteiger partial charge in [-0.05, 0) is 81.0 Å². The first-order valence-corrected chi connectivity index (χ1v) is 13.7. The third-order valence-corrected chi connectivity index (χ3v) is 7.95. The largest absolute Gasteiger partial charge is 0.486 e. The van der Waals surface area contributed by atoms with Gasteiger partial charge in [0.05, 0.1) is 11.0 Å². The van der Waals surface area contributed by atoms with E-state index < -0.39 is 6.04 Å². The monoisotopic (exact) mass is 505 g/mol. The van der Waals surface area contributed by atoms with Gasteiger partial charge in [-0.1, -0.05) is 38.5 Å². The zero-order valence-electron chi connectivity index (χ0n) is 21.5. The normalized spacial score (nSPS) is 18.0. The molecule has 7 heteroatoms. The van der Waals surface area contributed by atoms with Crippen molar-refractivity contribution < 1.29 is 18.7 Å². The fourth-order valence-electron chi connectivity index (χ4n) is 5.99. The number of carbonyl (C=O) groups excluding carboxylic acids is 2. The Labute approximate surface area is 217 Å². The molecule has 37 heavy (non-hydrogen) atoms. The van der Waals surface area contributed by atoms with Crippen molar-refractivity contribution in [2.75, 3.05) is 0 Å². The molecule has 2 saturated carbocycles. The first-order valence-electron chi connectivity index (χ1n) is 13.7. The fourth-order valence-corrected chi connectivity index (χ4v) is 5.99. The summed E-state index contributed by atoms with van der Waals surface area (Å²) in [6, 6.07) is 11.3. The minimum atomic E-state index is -0.465. The topological polar surface area (TPSA) is 73.2 Å². The number of aromatic nitrogens is 2. The van der Waals surface area contributed by atoms with E-state index in [9.17, 15) is 14.0 Å². The number of halogens is 1. The predicted octanol–water partition coefficient (Wildman–Crippen LogP) is 6.53. The maximum absolute atomic E-state index is 14.5. The summed E-state index contributed by atoms with van der Waals surface area (Å²) < 4.78 is 22.5. The maximum Gasteiger partial charge on any atom is 0.243 e. The van der Waals surface area contributed by atoms with Gasteiger partial charge in [0.25, 0.3) is 0 Å². The first-order chi connectivity index (χ1) is 18.0. The summed E-state index contributed by atoms with van der Waals surface area (Å²) in [5.41, 5.74) is 1.89. The van der Waals surface area contributed by atoms with Crippen molar-refractivity contribution in [3.8, 4) is 5.75 Å². The molecule has 1 unspecified atom stereocenters. The lowest BCUT2D eigenvalue weighted by Crippen LogP contribution is -2.44. The molecule has 0 bridgehead atoms. The number of hydrogen-bond donors (Lipinski definition) is 1. The van der Waals surface area contributed by atoms with E-state index in [0.29, 0.717) is 28.2 Å². The van der Waals surface area contributed by atoms with Crippen molar-refractivity contribution in [3.63, 3.8) is 0 Å². The summed E-state index contributed by atoms with van der Waals surface area (Å²) in [5.74, 6) is 1.02. The van der Waals surface area contributed by atoms with Crippen LogP contribution in [0.3, 0.4) is 0 Å². The second kappa shape index (κ2) is 11.4. The van der Waals surface area contributed by atoms with Crippen LogP contribution in [0.1, 0.15) is 93.4 Å². The Morgan fingerprint density at radius 2 is 1.68 bits per heavy atom. The average Bonchev–Trinajstić information content (AvgIpc) is 3.26. The third kappa shape index (κ3) is 5.86. The van der Waals surface area contributed by atoms with Crippen LogP contribution in [-0.4, -0.2) is 27.3 Å². The maximum atomic E-state index is 14.5. The molecule has 2 aliphatic rings. The van der Waals surface area contributed by atoms with E-state index in [0.717, 1.165) is 51.4 Å². The molecule has 5 rings (SSSR count). The number of ether oxygens (including phenoxy) is 1. The van der Waals surface area contributed by atoms with Gasteiger partial charge in [0.15, 0.2) is 5.78 Å². The minimum Gasteiger partial charge on any atom is -0.486 e. The number of benzene rings is 2. The molecule has 1 amide bonds. The molecule has 0 saturated heterocycles. The second-order valence-corrected chi connectivity index (χ2v) is 10.6. The molecule has 2 aliphatic carbocycles. The number of hydrogen-bond acceptors (Lipinski definition) is 4. The zero-order valence-corrected chi connectivity index (χ0v) is 21.5. The van der Waals surface area contributed by atoms with Crippen LogP contribution >= 0.6 is 0 Å². The Morgan fingerprint density at radius 3 is 2.35 bits per heavy atom. The number of carbonyl (C=O) groups is 2. The van der Waals surface area contributed by atoms with E-state index in [1.165, 1.54) is 31.9 Å². The van der Waals surface area contributed by atoms with Crippen LogP contribution in [0, 0.1) is 11.7 Å². The average molecular weight is 506 g/mol. The highest BCUT2D eigenvalue weighted by Gasteiger charge is 2.35. The Hall–Kier alpha value is -3.22. The molecule has 0 radical (unpaired) electrons. The van der Waals surface area contributed by atoms with Crippen molar-refractivity contribution >= 4 is 22.7 Å². The van der Waals surface area contributed by atoms with Crippen molar-refractivity contribution in [2.24, 2.45) is 5.92 Å². The van der Waals surface area contributed by atoms with Crippen LogP contribution in [0.15, 0.2) is 42.5 Å². The molecule has 6 nitrogen and oxygen atoms in total. The van der Waals surface area contributed by atoms with Gasteiger partial charge in [0.1, 0.15) is 30.0 Å². The van der Waals surface area contributed by atoms with Crippen LogP contribution in [0.2, 0.25) is 0 Å². The fraction of sp³-hybridized carbons (Fsp3) is 0.500. The molecule has 1 atom stereocenters. The number of nitrogens with one attached hydrogen (secondary N) is 1. The number of Topliss-reactive ketones (excluding diaryl/α,β-unsaturated/α-hetero) is 1. The van der Waals surface area contributed by atoms with Crippen molar-refractivity contribution in [1.29, 1.82) is 0 Å². The molecule has 2 fully saturated rings. The Morgan fingerprint density at radius 1 is 1.00 bits per heavy atom. The Kier molecular flexibility index (Phi) is 7.87. The summed E-state index contributed by atoms with van der Waals surface area (Å²) in [5, 5.41) is 3.35. The van der Waals surface area contributed by atoms with Gasteiger partial charge in [-0.2, -0.15) is 0 Å². The molecular weight excluding hydrogens is 469 g/mol. The molecule has 0 spiro atoms. The Bertz CT molecular complexity index is 1240. The second-order valence-electron chi connectivity index (χ2n) is 10.6. The number of amides is 1. The molecule has 2 aromatic carbocycles. The van der Waals surface area contributed by atoms with Crippen LogP contribution < -0.4 is 10.1 Å². The van der Waals surface area contributed by atoms with E-state index in [1.54, 1.807) is 30.3 Å². The van der Waals surface area contributed by atoms with Gasteiger partial charge in [-0.3, -0.25) is 9.59 Å². The van der Waals surface area contributed by atoms with Crippen LogP contribution in [0.5, 0.6) is 5.75 Å². The van der Waals surface area contributed by atoms with Gasteiger partial charge < -0.3 is 14.6 Å². The molecule has 1 N–H and O–H groups in total. The number of ketones is 1. The third-order valence-electron chi connectivity index (χ3n) is 7.95. The smallest absolute Gasteiger partial charge is 0.243 e. The van der Waals surface area contributed by atoms with E-state index >= 15 is 0 Å². The minimum absolute atomic E-state index is 0.00493. The Balaban J connectivity index is 1.49. The highest BCUT2D eigenvalue weighted by molar-refractivity contribution is 5.94. The van der Waals surface area contributed by atoms with Gasteiger partial charge >= 0.3 is 0 Å². The number of imidazole rings is 1. The quantitative estimate of drug-likeness (QED) is 0.353. The van der Waals surface area contributed by atoms with Gasteiger partial charge in [0, 0.05) is 11.6 Å². The molecule has 0 aliphatic heterocycles. The van der Waals surface area contributed by atoms with E-state index in [4.69, 9.17) is 9.72 Å². The molecule has 1 aromatic heterocycles. The van der Waals surface area contributed by atoms with Crippen LogP contribution in [-0.2, 0) is 11.4 Å². The summed E-state index contributed by atoms with van der Waals surface area (Å²) >= 11 is 0. The summed E-state index contributed by atoms with van der Waals surface area (Å²) in [6.45, 7) is 1.66. The summed E-state index contributed by atoms with van der Waals surface area (Å²) in [4.78, 5) is 30.4. The lowest BCUT2D eigenvalue weighted by atomic mass is 9.83. The van der Waals surface area contributed by atoms with Crippen molar-refractivity contribution in [2.45, 2.75) is 89.8 Å². The van der Waals surface area contributed by atoms with Gasteiger partial charge in [-0.15, -0.1) is 0 Å². The molecule has 3 aromatic rings. The molecular formula is C30H36FN3O3. The SMILES string of the molecule is CC(=O)c1ccc(OCc2nc3ccc(F)cc3n2C(C(=O)NC2CCCCC2)C2CCCCC2)cc1. The number of fused-ring (bicyclic) bond motifs is 1. The lowest BCUT2D eigenvalue weighted by molar-refractivity contribution is -0.127. The predicted molar refractivity (Wildman–Crippen MR) is 141 cm³/mol. The van der Waals surface area contributed by atoms with E-state index in [-0.39, 0.29) is 36.1 Å². The van der Waals surface area contributed by atoms with Crippen molar-refractivity contribution in [1.82, 2.24) is 14.9 Å². The highest BCUT2D eigenvalue weighted by atomic mass is 19.1. The van der Waals surface area contributed by atoms with Crippen LogP contribution in [0.25, 0.3) is 11.0 Å². The van der Waals surface area contributed by atoms with Gasteiger partial charge in [-0.25, -0.2) is 9.37 Å². The molecule has 196 valence electrons. The number of rotatable bonds is 8. The number of nitrogens with zero attached hydrogens (tertiary/aromatic N) is 2. The lowest BCUT2D eigenvalue weighted by Gasteiger charge is -2.33. The van der Waals surface area contributed by atoms with E-state index in [2.05, 4.69) is 5.32 Å². The van der Waals surface area contributed by atoms with Crippen molar-refractivity contribution in [3.05, 3.63) is 59.7 Å². The summed E-state index contributed by atoms with van der Waals surface area (Å²) in [7, 11) is 0.